The quantitative estimate of drug-likeness (QED) is 0.567. The van der Waals surface area contributed by atoms with Crippen LogP contribution in [0, 0.1) is 0 Å². The summed E-state index contributed by atoms with van der Waals surface area (Å²) >= 11 is 4.48. The van der Waals surface area contributed by atoms with E-state index in [9.17, 15) is 0 Å². The second-order valence-corrected chi connectivity index (χ2v) is 2.85. The van der Waals surface area contributed by atoms with Gasteiger partial charge in [0.05, 0.1) is 0 Å². The highest BCUT2D eigenvalue weighted by atomic mass is 32.1. The molecular weight excluding hydrogens is 168 g/mol. The van der Waals surface area contributed by atoms with Crippen molar-refractivity contribution in [3.8, 4) is 0 Å². The molecule has 12 heavy (non-hydrogen) atoms. The zero-order valence-electron chi connectivity index (χ0n) is 6.60. The third-order valence-electron chi connectivity index (χ3n) is 1.46. The van der Waals surface area contributed by atoms with Gasteiger partial charge in [-0.2, -0.15) is 0 Å². The van der Waals surface area contributed by atoms with Crippen molar-refractivity contribution >= 4 is 17.3 Å². The van der Waals surface area contributed by atoms with Crippen LogP contribution in [0.15, 0.2) is 42.5 Å². The van der Waals surface area contributed by atoms with E-state index in [4.69, 9.17) is 5.11 Å². The lowest BCUT2D eigenvalue weighted by Gasteiger charge is -1.92. The van der Waals surface area contributed by atoms with Gasteiger partial charge >= 0.3 is 0 Å². The Bertz CT molecular complexity index is 277. The van der Waals surface area contributed by atoms with Gasteiger partial charge in [-0.1, -0.05) is 36.4 Å². The molecular formula is C10H10OS. The highest BCUT2D eigenvalue weighted by Gasteiger charge is 1.85. The molecule has 1 aromatic rings. The van der Waals surface area contributed by atoms with Crippen molar-refractivity contribution in [2.24, 2.45) is 0 Å². The lowest BCUT2D eigenvalue weighted by Crippen LogP contribution is -1.84. The predicted octanol–water partition coefficient (Wildman–Crippen LogP) is 2.67. The van der Waals surface area contributed by atoms with Gasteiger partial charge in [-0.05, 0) is 30.3 Å². The van der Waals surface area contributed by atoms with E-state index in [1.807, 2.05) is 36.4 Å². The normalized spacial score (nSPS) is 10.3. The third-order valence-corrected chi connectivity index (χ3v) is 1.59. The van der Waals surface area contributed by atoms with Crippen LogP contribution in [-0.4, -0.2) is 10.2 Å². The SMILES string of the molecule is OC(=S)C=CCc1ccccc1. The molecule has 0 aliphatic heterocycles. The minimum Gasteiger partial charge on any atom is -0.499 e. The van der Waals surface area contributed by atoms with Crippen LogP contribution >= 0.6 is 12.2 Å². The number of allylic oxidation sites excluding steroid dienone is 1. The van der Waals surface area contributed by atoms with Crippen molar-refractivity contribution in [1.29, 1.82) is 0 Å². The minimum atomic E-state index is -0.0640. The molecule has 0 heterocycles. The zero-order valence-corrected chi connectivity index (χ0v) is 7.42. The molecule has 0 amide bonds. The van der Waals surface area contributed by atoms with E-state index < -0.39 is 0 Å². The fourth-order valence-corrected chi connectivity index (χ4v) is 1.01. The van der Waals surface area contributed by atoms with Gasteiger partial charge in [0, 0.05) is 0 Å². The number of hydrogen-bond acceptors (Lipinski definition) is 1. The molecule has 0 atom stereocenters. The fourth-order valence-electron chi connectivity index (χ4n) is 0.910. The molecule has 0 bridgehead atoms. The van der Waals surface area contributed by atoms with E-state index >= 15 is 0 Å². The number of aliphatic hydroxyl groups excluding tert-OH is 1. The summed E-state index contributed by atoms with van der Waals surface area (Å²) in [4.78, 5) is 0. The second kappa shape index (κ2) is 4.67. The first kappa shape index (κ1) is 8.94. The van der Waals surface area contributed by atoms with E-state index in [1.54, 1.807) is 0 Å². The molecule has 1 rings (SSSR count). The fraction of sp³-hybridized carbons (Fsp3) is 0.100. The van der Waals surface area contributed by atoms with Crippen LogP contribution in [-0.2, 0) is 6.42 Å². The Balaban J connectivity index is 2.49. The summed E-state index contributed by atoms with van der Waals surface area (Å²) < 4.78 is 0. The zero-order chi connectivity index (χ0) is 8.81. The van der Waals surface area contributed by atoms with Crippen molar-refractivity contribution in [3.05, 3.63) is 48.0 Å². The smallest absolute Gasteiger partial charge is 0.180 e. The first-order chi connectivity index (χ1) is 5.79. The molecule has 0 fully saturated rings. The molecule has 1 N–H and O–H groups in total. The van der Waals surface area contributed by atoms with Gasteiger partial charge in [0.25, 0.3) is 0 Å². The highest BCUT2D eigenvalue weighted by Crippen LogP contribution is 1.99. The Kier molecular flexibility index (Phi) is 3.48. The van der Waals surface area contributed by atoms with Crippen LogP contribution < -0.4 is 0 Å². The lowest BCUT2D eigenvalue weighted by molar-refractivity contribution is 0.574. The van der Waals surface area contributed by atoms with Gasteiger partial charge in [-0.3, -0.25) is 0 Å². The topological polar surface area (TPSA) is 20.2 Å². The van der Waals surface area contributed by atoms with Gasteiger partial charge < -0.3 is 5.11 Å². The van der Waals surface area contributed by atoms with Gasteiger partial charge in [0.1, 0.15) is 0 Å². The number of aliphatic hydroxyl groups is 1. The average molecular weight is 178 g/mol. The molecule has 0 spiro atoms. The first-order valence-electron chi connectivity index (χ1n) is 3.72. The molecule has 0 saturated carbocycles. The molecule has 1 aromatic carbocycles. The van der Waals surface area contributed by atoms with Crippen LogP contribution in [0.1, 0.15) is 5.56 Å². The first-order valence-corrected chi connectivity index (χ1v) is 4.13. The molecule has 0 aliphatic carbocycles. The molecule has 0 aliphatic rings. The summed E-state index contributed by atoms with van der Waals surface area (Å²) in [7, 11) is 0. The van der Waals surface area contributed by atoms with Gasteiger partial charge in [0.15, 0.2) is 5.05 Å². The van der Waals surface area contributed by atoms with Crippen LogP contribution in [0.2, 0.25) is 0 Å². The second-order valence-electron chi connectivity index (χ2n) is 2.43. The average Bonchev–Trinajstić information content (AvgIpc) is 2.05. The number of rotatable bonds is 3. The van der Waals surface area contributed by atoms with Gasteiger partial charge in [-0.15, -0.1) is 0 Å². The Hall–Kier alpha value is -1.15. The van der Waals surface area contributed by atoms with Crippen LogP contribution in [0.4, 0.5) is 0 Å². The molecule has 62 valence electrons. The van der Waals surface area contributed by atoms with Crippen molar-refractivity contribution in [3.63, 3.8) is 0 Å². The number of benzene rings is 1. The molecule has 2 heteroatoms. The molecule has 0 aromatic heterocycles. The van der Waals surface area contributed by atoms with Crippen molar-refractivity contribution < 1.29 is 5.11 Å². The maximum absolute atomic E-state index is 8.68. The van der Waals surface area contributed by atoms with Crippen LogP contribution in [0.25, 0.3) is 0 Å². The van der Waals surface area contributed by atoms with Crippen LogP contribution in [0.5, 0.6) is 0 Å². The summed E-state index contributed by atoms with van der Waals surface area (Å²) in [5.41, 5.74) is 1.21. The van der Waals surface area contributed by atoms with E-state index in [1.165, 1.54) is 11.6 Å². The van der Waals surface area contributed by atoms with Crippen molar-refractivity contribution in [1.82, 2.24) is 0 Å². The number of thiocarbonyl (C=S) groups is 1. The molecule has 0 unspecified atom stereocenters. The summed E-state index contributed by atoms with van der Waals surface area (Å²) in [5, 5.41) is 8.61. The number of hydrogen-bond donors (Lipinski definition) is 1. The van der Waals surface area contributed by atoms with E-state index in [0.717, 1.165) is 6.42 Å². The predicted molar refractivity (Wildman–Crippen MR) is 54.5 cm³/mol. The molecule has 1 nitrogen and oxygen atoms in total. The van der Waals surface area contributed by atoms with Gasteiger partial charge in [-0.25, -0.2) is 0 Å². The standard InChI is InChI=1S/C10H10OS/c11-10(12)8-4-7-9-5-2-1-3-6-9/h1-6,8H,7H2,(H,11,12). The highest BCUT2D eigenvalue weighted by molar-refractivity contribution is 7.80. The van der Waals surface area contributed by atoms with Crippen molar-refractivity contribution in [2.75, 3.05) is 0 Å². The van der Waals surface area contributed by atoms with Crippen LogP contribution in [0.3, 0.4) is 0 Å². The largest absolute Gasteiger partial charge is 0.499 e. The Labute approximate surface area is 77.4 Å². The molecule has 0 radical (unpaired) electrons. The summed E-state index contributed by atoms with van der Waals surface area (Å²) in [6.45, 7) is 0. The Morgan fingerprint density at radius 2 is 2.00 bits per heavy atom. The lowest BCUT2D eigenvalue weighted by atomic mass is 10.1. The summed E-state index contributed by atoms with van der Waals surface area (Å²) in [6, 6.07) is 10.0. The Morgan fingerprint density at radius 1 is 1.33 bits per heavy atom. The monoisotopic (exact) mass is 178 g/mol. The summed E-state index contributed by atoms with van der Waals surface area (Å²) in [6.07, 6.45) is 4.18. The maximum atomic E-state index is 8.68. The van der Waals surface area contributed by atoms with E-state index in [2.05, 4.69) is 12.2 Å². The maximum Gasteiger partial charge on any atom is 0.180 e. The summed E-state index contributed by atoms with van der Waals surface area (Å²) in [5.74, 6) is 0. The van der Waals surface area contributed by atoms with E-state index in [-0.39, 0.29) is 5.05 Å². The molecule has 0 saturated heterocycles. The van der Waals surface area contributed by atoms with Gasteiger partial charge in [0.2, 0.25) is 0 Å². The Morgan fingerprint density at radius 3 is 2.58 bits per heavy atom. The minimum absolute atomic E-state index is 0.0640. The van der Waals surface area contributed by atoms with E-state index in [0.29, 0.717) is 0 Å². The van der Waals surface area contributed by atoms with Crippen molar-refractivity contribution in [2.45, 2.75) is 6.42 Å². The third kappa shape index (κ3) is 3.30.